The predicted octanol–water partition coefficient (Wildman–Crippen LogP) is 3.15. The number of rotatable bonds is 5. The third-order valence-electron chi connectivity index (χ3n) is 2.88. The first-order valence-corrected chi connectivity index (χ1v) is 6.61. The molecule has 2 aromatic carbocycles. The second-order valence-electron chi connectivity index (χ2n) is 4.33. The number of benzene rings is 2. The van der Waals surface area contributed by atoms with E-state index in [1.165, 1.54) is 6.20 Å². The predicted molar refractivity (Wildman–Crippen MR) is 85.4 cm³/mol. The van der Waals surface area contributed by atoms with Gasteiger partial charge in [-0.05, 0) is 24.3 Å². The zero-order chi connectivity index (χ0) is 15.8. The summed E-state index contributed by atoms with van der Waals surface area (Å²) < 4.78 is 5.19. The largest absolute Gasteiger partial charge is 0.495 e. The molecular weight excluding hydrogens is 278 g/mol. The quantitative estimate of drug-likeness (QED) is 0.656. The third-order valence-corrected chi connectivity index (χ3v) is 2.88. The van der Waals surface area contributed by atoms with E-state index in [4.69, 9.17) is 10.00 Å². The van der Waals surface area contributed by atoms with Gasteiger partial charge in [-0.25, -0.2) is 0 Å². The van der Waals surface area contributed by atoms with Crippen LogP contribution in [0, 0.1) is 11.3 Å². The van der Waals surface area contributed by atoms with Crippen LogP contribution in [0.15, 0.2) is 66.4 Å². The molecule has 0 heterocycles. The van der Waals surface area contributed by atoms with Crippen molar-refractivity contribution in [2.24, 2.45) is 0 Å². The Morgan fingerprint density at radius 3 is 2.50 bits per heavy atom. The van der Waals surface area contributed by atoms with Gasteiger partial charge in [-0.2, -0.15) is 5.26 Å². The van der Waals surface area contributed by atoms with E-state index in [0.717, 1.165) is 0 Å². The third kappa shape index (κ3) is 3.87. The lowest BCUT2D eigenvalue weighted by Crippen LogP contribution is -2.14. The first-order valence-electron chi connectivity index (χ1n) is 6.61. The summed E-state index contributed by atoms with van der Waals surface area (Å²) in [6.45, 7) is 0. The molecule has 0 unspecified atom stereocenters. The summed E-state index contributed by atoms with van der Waals surface area (Å²) in [6, 6.07) is 18.1. The Kier molecular flexibility index (Phi) is 5.16. The Labute approximate surface area is 128 Å². The van der Waals surface area contributed by atoms with Crippen LogP contribution in [0.5, 0.6) is 5.75 Å². The van der Waals surface area contributed by atoms with Crippen LogP contribution in [0.25, 0.3) is 0 Å². The van der Waals surface area contributed by atoms with Gasteiger partial charge in [0.25, 0.3) is 5.91 Å². The lowest BCUT2D eigenvalue weighted by atomic mass is 10.2. The number of methoxy groups -OCH3 is 1. The molecule has 2 rings (SSSR count). The van der Waals surface area contributed by atoms with Crippen LogP contribution in [0.3, 0.4) is 0 Å². The van der Waals surface area contributed by atoms with Gasteiger partial charge in [0.05, 0.1) is 12.8 Å². The molecule has 0 aliphatic heterocycles. The van der Waals surface area contributed by atoms with E-state index in [1.54, 1.807) is 43.5 Å². The maximum absolute atomic E-state index is 12.0. The van der Waals surface area contributed by atoms with Gasteiger partial charge in [0, 0.05) is 11.9 Å². The molecule has 0 saturated heterocycles. The summed E-state index contributed by atoms with van der Waals surface area (Å²) in [6.07, 6.45) is 1.36. The smallest absolute Gasteiger partial charge is 0.267 e. The number of carbonyl (C=O) groups excluding carboxylic acids is 1. The van der Waals surface area contributed by atoms with Gasteiger partial charge in [-0.1, -0.05) is 30.3 Å². The number of hydrogen-bond acceptors (Lipinski definition) is 4. The van der Waals surface area contributed by atoms with Crippen LogP contribution < -0.4 is 15.4 Å². The summed E-state index contributed by atoms with van der Waals surface area (Å²) in [5, 5.41) is 14.7. The van der Waals surface area contributed by atoms with Crippen molar-refractivity contribution in [3.8, 4) is 11.8 Å². The van der Waals surface area contributed by atoms with Gasteiger partial charge >= 0.3 is 0 Å². The lowest BCUT2D eigenvalue weighted by molar-refractivity contribution is -0.112. The highest BCUT2D eigenvalue weighted by Crippen LogP contribution is 2.23. The highest BCUT2D eigenvalue weighted by Gasteiger charge is 2.09. The Morgan fingerprint density at radius 1 is 1.14 bits per heavy atom. The van der Waals surface area contributed by atoms with Gasteiger partial charge in [-0.15, -0.1) is 0 Å². The van der Waals surface area contributed by atoms with E-state index < -0.39 is 5.91 Å². The van der Waals surface area contributed by atoms with E-state index >= 15 is 0 Å². The minimum atomic E-state index is -0.476. The van der Waals surface area contributed by atoms with Crippen molar-refractivity contribution in [2.45, 2.75) is 0 Å². The number of amides is 1. The molecule has 2 aromatic rings. The minimum Gasteiger partial charge on any atom is -0.495 e. The fourth-order valence-electron chi connectivity index (χ4n) is 1.78. The molecule has 0 spiro atoms. The van der Waals surface area contributed by atoms with Gasteiger partial charge in [0.15, 0.2) is 0 Å². The SMILES string of the molecule is COc1ccccc1NC=C(C#N)C(=O)Nc1ccccc1. The molecule has 110 valence electrons. The average Bonchev–Trinajstić information content (AvgIpc) is 2.56. The van der Waals surface area contributed by atoms with E-state index in [1.807, 2.05) is 24.3 Å². The van der Waals surface area contributed by atoms with Crippen molar-refractivity contribution >= 4 is 17.3 Å². The fraction of sp³-hybridized carbons (Fsp3) is 0.0588. The molecule has 2 N–H and O–H groups in total. The van der Waals surface area contributed by atoms with Crippen LogP contribution in [0.2, 0.25) is 0 Å². The number of nitrogens with one attached hydrogen (secondary N) is 2. The van der Waals surface area contributed by atoms with E-state index in [0.29, 0.717) is 17.1 Å². The molecule has 0 atom stereocenters. The van der Waals surface area contributed by atoms with Crippen LogP contribution >= 0.6 is 0 Å². The molecule has 0 aromatic heterocycles. The first kappa shape index (κ1) is 15.1. The van der Waals surface area contributed by atoms with Crippen LogP contribution in [0.4, 0.5) is 11.4 Å². The first-order chi connectivity index (χ1) is 10.7. The lowest BCUT2D eigenvalue weighted by Gasteiger charge is -2.08. The van der Waals surface area contributed by atoms with Crippen LogP contribution in [0.1, 0.15) is 0 Å². The van der Waals surface area contributed by atoms with Gasteiger partial charge in [0.1, 0.15) is 17.4 Å². The molecule has 0 aliphatic carbocycles. The summed E-state index contributed by atoms with van der Waals surface area (Å²) in [4.78, 5) is 12.0. The number of hydrogen-bond donors (Lipinski definition) is 2. The molecule has 5 heteroatoms. The van der Waals surface area contributed by atoms with Crippen molar-refractivity contribution in [2.75, 3.05) is 17.7 Å². The average molecular weight is 293 g/mol. The molecule has 22 heavy (non-hydrogen) atoms. The maximum atomic E-state index is 12.0. The van der Waals surface area contributed by atoms with E-state index in [-0.39, 0.29) is 5.57 Å². The van der Waals surface area contributed by atoms with Crippen molar-refractivity contribution in [3.63, 3.8) is 0 Å². The molecule has 0 radical (unpaired) electrons. The number of anilines is 2. The number of nitriles is 1. The second-order valence-corrected chi connectivity index (χ2v) is 4.33. The molecule has 0 bridgehead atoms. The zero-order valence-electron chi connectivity index (χ0n) is 12.0. The molecular formula is C17H15N3O2. The van der Waals surface area contributed by atoms with E-state index in [2.05, 4.69) is 10.6 Å². The van der Waals surface area contributed by atoms with Crippen LogP contribution in [-0.2, 0) is 4.79 Å². The monoisotopic (exact) mass is 293 g/mol. The standard InChI is InChI=1S/C17H15N3O2/c1-22-16-10-6-5-9-15(16)19-12-13(11-18)17(21)20-14-7-3-2-4-8-14/h2-10,12,19H,1H3,(H,20,21). The number of carbonyl (C=O) groups is 1. The number of nitrogens with zero attached hydrogens (tertiary/aromatic N) is 1. The minimum absolute atomic E-state index is 0.0326. The molecule has 0 saturated carbocycles. The van der Waals surface area contributed by atoms with Crippen LogP contribution in [-0.4, -0.2) is 13.0 Å². The molecule has 0 fully saturated rings. The van der Waals surface area contributed by atoms with Crippen molar-refractivity contribution < 1.29 is 9.53 Å². The maximum Gasteiger partial charge on any atom is 0.267 e. The molecule has 5 nitrogen and oxygen atoms in total. The van der Waals surface area contributed by atoms with Gasteiger partial charge < -0.3 is 15.4 Å². The topological polar surface area (TPSA) is 74.1 Å². The summed E-state index contributed by atoms with van der Waals surface area (Å²) in [5.41, 5.74) is 1.27. The summed E-state index contributed by atoms with van der Waals surface area (Å²) in [7, 11) is 1.55. The van der Waals surface area contributed by atoms with Crippen molar-refractivity contribution in [3.05, 3.63) is 66.4 Å². The summed E-state index contributed by atoms with van der Waals surface area (Å²) >= 11 is 0. The van der Waals surface area contributed by atoms with Gasteiger partial charge in [-0.3, -0.25) is 4.79 Å². The number of ether oxygens (including phenoxy) is 1. The number of para-hydroxylation sites is 3. The van der Waals surface area contributed by atoms with E-state index in [9.17, 15) is 4.79 Å². The normalized spacial score (nSPS) is 10.5. The Balaban J connectivity index is 2.11. The Hall–Kier alpha value is -3.26. The highest BCUT2D eigenvalue weighted by atomic mass is 16.5. The molecule has 0 aliphatic rings. The zero-order valence-corrected chi connectivity index (χ0v) is 12.0. The Bertz CT molecular complexity index is 718. The molecule has 1 amide bonds. The highest BCUT2D eigenvalue weighted by molar-refractivity contribution is 6.06. The van der Waals surface area contributed by atoms with Crippen molar-refractivity contribution in [1.29, 1.82) is 5.26 Å². The van der Waals surface area contributed by atoms with Gasteiger partial charge in [0.2, 0.25) is 0 Å². The Morgan fingerprint density at radius 2 is 1.82 bits per heavy atom. The summed E-state index contributed by atoms with van der Waals surface area (Å²) in [5.74, 6) is 0.149. The fourth-order valence-corrected chi connectivity index (χ4v) is 1.78. The second kappa shape index (κ2) is 7.50. The van der Waals surface area contributed by atoms with Crippen molar-refractivity contribution in [1.82, 2.24) is 0 Å².